The van der Waals surface area contributed by atoms with Gasteiger partial charge in [0.05, 0.1) is 0 Å². The number of carbonyl (C=O) groups is 1. The average Bonchev–Trinajstić information content (AvgIpc) is 2.64. The Morgan fingerprint density at radius 3 is 2.71 bits per heavy atom. The maximum atomic E-state index is 11.8. The van der Waals surface area contributed by atoms with Crippen molar-refractivity contribution in [3.63, 3.8) is 0 Å². The summed E-state index contributed by atoms with van der Waals surface area (Å²) in [6, 6.07) is 1.38. The summed E-state index contributed by atoms with van der Waals surface area (Å²) < 4.78 is 0. The van der Waals surface area contributed by atoms with Gasteiger partial charge in [-0.2, -0.15) is 0 Å². The number of hydrogen-bond acceptors (Lipinski definition) is 2. The van der Waals surface area contributed by atoms with Crippen LogP contribution in [0.15, 0.2) is 12.2 Å². The molecule has 2 N–H and O–H groups in total. The molecule has 2 atom stereocenters. The van der Waals surface area contributed by atoms with Crippen LogP contribution < -0.4 is 10.6 Å². The molecule has 0 saturated carbocycles. The largest absolute Gasteiger partial charge is 0.356 e. The van der Waals surface area contributed by atoms with Gasteiger partial charge < -0.3 is 10.6 Å². The van der Waals surface area contributed by atoms with Crippen molar-refractivity contribution < 1.29 is 4.79 Å². The molecular weight excluding hydrogens is 212 g/mol. The third kappa shape index (κ3) is 3.84. The van der Waals surface area contributed by atoms with Gasteiger partial charge in [0.2, 0.25) is 5.91 Å². The third-order valence-corrected chi connectivity index (χ3v) is 3.91. The molecule has 2 rings (SSSR count). The van der Waals surface area contributed by atoms with Gasteiger partial charge in [0.15, 0.2) is 0 Å². The summed E-state index contributed by atoms with van der Waals surface area (Å²) in [5, 5.41) is 6.62. The molecule has 2 fully saturated rings. The van der Waals surface area contributed by atoms with E-state index in [1.807, 2.05) is 13.0 Å². The molecular formula is C14H24N2O. The number of hydrogen-bond donors (Lipinski definition) is 2. The fraction of sp³-hybridized carbons (Fsp3) is 0.786. The zero-order chi connectivity index (χ0) is 12.1. The summed E-state index contributed by atoms with van der Waals surface area (Å²) >= 11 is 0. The molecule has 2 aliphatic rings. The number of carbonyl (C=O) groups excluding carboxylic acids is 1. The van der Waals surface area contributed by atoms with Gasteiger partial charge in [-0.3, -0.25) is 4.79 Å². The van der Waals surface area contributed by atoms with Gasteiger partial charge >= 0.3 is 0 Å². The summed E-state index contributed by atoms with van der Waals surface area (Å²) in [6.45, 7) is 2.79. The molecule has 2 bridgehead atoms. The van der Waals surface area contributed by atoms with Crippen LogP contribution >= 0.6 is 0 Å². The normalized spacial score (nSPS) is 31.9. The van der Waals surface area contributed by atoms with Crippen LogP contribution in [0, 0.1) is 5.92 Å². The van der Waals surface area contributed by atoms with E-state index in [2.05, 4.69) is 16.7 Å². The van der Waals surface area contributed by atoms with Crippen LogP contribution in [-0.4, -0.2) is 24.5 Å². The van der Waals surface area contributed by atoms with Crippen molar-refractivity contribution in [2.45, 2.75) is 57.5 Å². The molecule has 1 amide bonds. The first-order valence-corrected chi connectivity index (χ1v) is 6.92. The predicted octanol–water partition coefficient (Wildman–Crippen LogP) is 1.99. The van der Waals surface area contributed by atoms with E-state index in [1.165, 1.54) is 25.7 Å². The van der Waals surface area contributed by atoms with Crippen molar-refractivity contribution in [1.82, 2.24) is 10.6 Å². The van der Waals surface area contributed by atoms with E-state index in [1.54, 1.807) is 0 Å². The van der Waals surface area contributed by atoms with Gasteiger partial charge in [-0.15, -0.1) is 0 Å². The first-order chi connectivity index (χ1) is 8.28. The zero-order valence-corrected chi connectivity index (χ0v) is 10.7. The second-order valence-corrected chi connectivity index (χ2v) is 5.39. The van der Waals surface area contributed by atoms with Crippen molar-refractivity contribution >= 4 is 5.91 Å². The summed E-state index contributed by atoms with van der Waals surface area (Å²) in [6.07, 6.45) is 10.8. The predicted molar refractivity (Wildman–Crippen MR) is 69.7 cm³/mol. The molecule has 0 aromatic carbocycles. The third-order valence-electron chi connectivity index (χ3n) is 3.91. The van der Waals surface area contributed by atoms with Crippen LogP contribution in [0.2, 0.25) is 0 Å². The Morgan fingerprint density at radius 2 is 2.06 bits per heavy atom. The maximum absolute atomic E-state index is 11.8. The van der Waals surface area contributed by atoms with E-state index in [9.17, 15) is 4.79 Å². The Labute approximate surface area is 104 Å². The van der Waals surface area contributed by atoms with E-state index in [0.29, 0.717) is 18.0 Å². The van der Waals surface area contributed by atoms with Crippen molar-refractivity contribution in [2.75, 3.05) is 6.54 Å². The molecule has 3 nitrogen and oxygen atoms in total. The standard InChI is InChI=1S/C14H24N2O/c1-2-3-4-7-15-14(17)10-11-8-12-5-6-13(9-11)16-12/h2-3,11-13,16H,4-10H2,1H3,(H,15,17)/b3-2+. The molecule has 0 aliphatic carbocycles. The van der Waals surface area contributed by atoms with Gasteiger partial charge in [-0.25, -0.2) is 0 Å². The summed E-state index contributed by atoms with van der Waals surface area (Å²) in [7, 11) is 0. The van der Waals surface area contributed by atoms with Gasteiger partial charge in [0.25, 0.3) is 0 Å². The summed E-state index contributed by atoms with van der Waals surface area (Å²) in [5.41, 5.74) is 0. The number of amides is 1. The Kier molecular flexibility index (Phi) is 4.60. The lowest BCUT2D eigenvalue weighted by molar-refractivity contribution is -0.122. The Hall–Kier alpha value is -0.830. The summed E-state index contributed by atoms with van der Waals surface area (Å²) in [5.74, 6) is 0.844. The average molecular weight is 236 g/mol. The van der Waals surface area contributed by atoms with E-state index >= 15 is 0 Å². The highest BCUT2D eigenvalue weighted by atomic mass is 16.1. The number of allylic oxidation sites excluding steroid dienone is 1. The van der Waals surface area contributed by atoms with Crippen LogP contribution in [0.1, 0.15) is 45.4 Å². The van der Waals surface area contributed by atoms with E-state index < -0.39 is 0 Å². The first kappa shape index (κ1) is 12.6. The van der Waals surface area contributed by atoms with Gasteiger partial charge in [-0.05, 0) is 44.9 Å². The highest BCUT2D eigenvalue weighted by Gasteiger charge is 2.33. The molecule has 0 aromatic rings. The topological polar surface area (TPSA) is 41.1 Å². The van der Waals surface area contributed by atoms with Crippen molar-refractivity contribution in [3.8, 4) is 0 Å². The number of rotatable bonds is 5. The quantitative estimate of drug-likeness (QED) is 0.566. The smallest absolute Gasteiger partial charge is 0.220 e. The molecule has 96 valence electrons. The molecule has 17 heavy (non-hydrogen) atoms. The second kappa shape index (κ2) is 6.20. The van der Waals surface area contributed by atoms with Crippen LogP contribution in [0.25, 0.3) is 0 Å². The molecule has 2 saturated heterocycles. The van der Waals surface area contributed by atoms with Crippen LogP contribution in [-0.2, 0) is 4.79 Å². The SMILES string of the molecule is C/C=C/CCNC(=O)CC1CC2CCC(C1)N2. The molecule has 2 heterocycles. The lowest BCUT2D eigenvalue weighted by Gasteiger charge is -2.28. The number of fused-ring (bicyclic) bond motifs is 2. The minimum atomic E-state index is 0.237. The van der Waals surface area contributed by atoms with E-state index in [0.717, 1.165) is 19.4 Å². The van der Waals surface area contributed by atoms with E-state index in [4.69, 9.17) is 0 Å². The number of piperidine rings is 1. The molecule has 0 radical (unpaired) electrons. The highest BCUT2D eigenvalue weighted by Crippen LogP contribution is 2.32. The Balaban J connectivity index is 1.65. The highest BCUT2D eigenvalue weighted by molar-refractivity contribution is 5.76. The molecule has 3 heteroatoms. The molecule has 0 aromatic heterocycles. The summed E-state index contributed by atoms with van der Waals surface area (Å²) in [4.78, 5) is 11.8. The second-order valence-electron chi connectivity index (χ2n) is 5.39. The number of nitrogens with one attached hydrogen (secondary N) is 2. The minimum absolute atomic E-state index is 0.237. The molecule has 0 spiro atoms. The van der Waals surface area contributed by atoms with Gasteiger partial charge in [-0.1, -0.05) is 12.2 Å². The Bertz CT molecular complexity index is 276. The van der Waals surface area contributed by atoms with Crippen molar-refractivity contribution in [1.29, 1.82) is 0 Å². The van der Waals surface area contributed by atoms with Crippen LogP contribution in [0.4, 0.5) is 0 Å². The van der Waals surface area contributed by atoms with Gasteiger partial charge in [0.1, 0.15) is 0 Å². The van der Waals surface area contributed by atoms with Crippen molar-refractivity contribution in [2.24, 2.45) is 5.92 Å². The molecule has 2 aliphatic heterocycles. The monoisotopic (exact) mass is 236 g/mol. The fourth-order valence-corrected chi connectivity index (χ4v) is 3.14. The maximum Gasteiger partial charge on any atom is 0.220 e. The minimum Gasteiger partial charge on any atom is -0.356 e. The first-order valence-electron chi connectivity index (χ1n) is 6.92. The van der Waals surface area contributed by atoms with Crippen LogP contribution in [0.3, 0.4) is 0 Å². The van der Waals surface area contributed by atoms with Crippen LogP contribution in [0.5, 0.6) is 0 Å². The zero-order valence-electron chi connectivity index (χ0n) is 10.7. The lowest BCUT2D eigenvalue weighted by atomic mass is 9.89. The van der Waals surface area contributed by atoms with E-state index in [-0.39, 0.29) is 5.91 Å². The lowest BCUT2D eigenvalue weighted by Crippen LogP contribution is -2.39. The molecule has 2 unspecified atom stereocenters. The fourth-order valence-electron chi connectivity index (χ4n) is 3.14. The van der Waals surface area contributed by atoms with Gasteiger partial charge in [0, 0.05) is 25.0 Å². The Morgan fingerprint density at radius 1 is 1.35 bits per heavy atom. The van der Waals surface area contributed by atoms with Crippen molar-refractivity contribution in [3.05, 3.63) is 12.2 Å².